The van der Waals surface area contributed by atoms with E-state index in [0.717, 1.165) is 47.9 Å². The Morgan fingerprint density at radius 2 is 1.76 bits per heavy atom. The van der Waals surface area contributed by atoms with Gasteiger partial charge in [0.25, 0.3) is 0 Å². The molecule has 3 rings (SSSR count). The molecule has 2 aromatic carbocycles. The van der Waals surface area contributed by atoms with E-state index in [-0.39, 0.29) is 24.2 Å². The summed E-state index contributed by atoms with van der Waals surface area (Å²) in [6.07, 6.45) is 4.90. The van der Waals surface area contributed by atoms with Gasteiger partial charge in [-0.05, 0) is 43.5 Å². The first-order valence-electron chi connectivity index (χ1n) is 11.0. The first kappa shape index (κ1) is 24.7. The van der Waals surface area contributed by atoms with Gasteiger partial charge in [0.05, 0.1) is 11.9 Å². The van der Waals surface area contributed by atoms with E-state index >= 15 is 0 Å². The molecule has 7 nitrogen and oxygen atoms in total. The molecule has 178 valence electrons. The summed E-state index contributed by atoms with van der Waals surface area (Å²) in [4.78, 5) is 27.7. The maximum Gasteiger partial charge on any atom is 0.244 e. The number of nitrogens with one attached hydrogen (secondary N) is 1. The highest BCUT2D eigenvalue weighted by Crippen LogP contribution is 2.21. The van der Waals surface area contributed by atoms with Gasteiger partial charge in [-0.25, -0.2) is 12.8 Å². The molecule has 1 N–H and O–H groups in total. The Morgan fingerprint density at radius 1 is 1.09 bits per heavy atom. The third-order valence-corrected chi connectivity index (χ3v) is 6.98. The first-order chi connectivity index (χ1) is 15.6. The van der Waals surface area contributed by atoms with Gasteiger partial charge in [0.2, 0.25) is 21.8 Å². The van der Waals surface area contributed by atoms with Crippen LogP contribution in [0.3, 0.4) is 0 Å². The monoisotopic (exact) mass is 475 g/mol. The van der Waals surface area contributed by atoms with Crippen molar-refractivity contribution in [1.29, 1.82) is 0 Å². The average molecular weight is 476 g/mol. The van der Waals surface area contributed by atoms with Gasteiger partial charge in [-0.2, -0.15) is 0 Å². The predicted octanol–water partition coefficient (Wildman–Crippen LogP) is 3.07. The summed E-state index contributed by atoms with van der Waals surface area (Å²) in [7, 11) is -3.88. The third kappa shape index (κ3) is 6.77. The van der Waals surface area contributed by atoms with Crippen LogP contribution in [0.2, 0.25) is 0 Å². The second-order valence-corrected chi connectivity index (χ2v) is 10.3. The van der Waals surface area contributed by atoms with E-state index in [0.29, 0.717) is 0 Å². The molecule has 1 atom stereocenters. The summed E-state index contributed by atoms with van der Waals surface area (Å²) in [6.45, 7) is 1.23. The van der Waals surface area contributed by atoms with Gasteiger partial charge < -0.3 is 10.2 Å². The summed E-state index contributed by atoms with van der Waals surface area (Å²) in [5, 5.41) is 3.01. The zero-order chi connectivity index (χ0) is 24.0. The number of carbonyl (C=O) groups is 2. The molecule has 0 radical (unpaired) electrons. The lowest BCUT2D eigenvalue weighted by Crippen LogP contribution is -2.52. The molecule has 1 fully saturated rings. The van der Waals surface area contributed by atoms with E-state index in [1.807, 2.05) is 30.3 Å². The van der Waals surface area contributed by atoms with Crippen molar-refractivity contribution in [3.8, 4) is 0 Å². The summed E-state index contributed by atoms with van der Waals surface area (Å²) >= 11 is 0. The zero-order valence-electron chi connectivity index (χ0n) is 18.9. The Labute approximate surface area is 194 Å². The second kappa shape index (κ2) is 10.8. The van der Waals surface area contributed by atoms with Crippen LogP contribution in [0.4, 0.5) is 10.1 Å². The standard InChI is InChI=1S/C24H30FN3O4S/c1-18(24(30)26-21-12-6-7-13-21)27(16-19-9-4-3-5-10-19)23(29)17-28(33(2,31)32)22-14-8-11-20(25)15-22/h3-5,8-11,14-15,18,21H,6-7,12-13,16-17H2,1-2H3,(H,26,30). The van der Waals surface area contributed by atoms with Crippen LogP contribution >= 0.6 is 0 Å². The number of hydrogen-bond acceptors (Lipinski definition) is 4. The molecule has 2 aromatic rings. The van der Waals surface area contributed by atoms with Gasteiger partial charge in [-0.3, -0.25) is 13.9 Å². The van der Waals surface area contributed by atoms with Crippen molar-refractivity contribution in [2.45, 2.75) is 51.2 Å². The molecular formula is C24H30FN3O4S. The highest BCUT2D eigenvalue weighted by molar-refractivity contribution is 7.92. The minimum absolute atomic E-state index is 0.0496. The molecule has 1 unspecified atom stereocenters. The number of carbonyl (C=O) groups excluding carboxylic acids is 2. The maximum absolute atomic E-state index is 13.8. The van der Waals surface area contributed by atoms with Crippen LogP contribution in [-0.4, -0.2) is 50.0 Å². The minimum Gasteiger partial charge on any atom is -0.352 e. The van der Waals surface area contributed by atoms with Crippen LogP contribution < -0.4 is 9.62 Å². The van der Waals surface area contributed by atoms with E-state index in [4.69, 9.17) is 0 Å². The number of rotatable bonds is 9. The Hall–Kier alpha value is -2.94. The molecule has 33 heavy (non-hydrogen) atoms. The summed E-state index contributed by atoms with van der Waals surface area (Å²) < 4.78 is 39.5. The van der Waals surface area contributed by atoms with E-state index in [1.165, 1.54) is 23.1 Å². The molecule has 1 aliphatic rings. The van der Waals surface area contributed by atoms with E-state index < -0.39 is 34.3 Å². The minimum atomic E-state index is -3.88. The number of halogens is 1. The summed E-state index contributed by atoms with van der Waals surface area (Å²) in [6, 6.07) is 13.5. The highest BCUT2D eigenvalue weighted by atomic mass is 32.2. The second-order valence-electron chi connectivity index (χ2n) is 8.42. The molecule has 0 aromatic heterocycles. The van der Waals surface area contributed by atoms with Crippen LogP contribution in [0.15, 0.2) is 54.6 Å². The van der Waals surface area contributed by atoms with Crippen molar-refractivity contribution in [3.05, 3.63) is 66.0 Å². The topological polar surface area (TPSA) is 86.8 Å². The number of hydrogen-bond donors (Lipinski definition) is 1. The largest absolute Gasteiger partial charge is 0.352 e. The van der Waals surface area contributed by atoms with Gasteiger partial charge in [0.15, 0.2) is 0 Å². The fourth-order valence-corrected chi connectivity index (χ4v) is 4.84. The summed E-state index contributed by atoms with van der Waals surface area (Å²) in [5.41, 5.74) is 0.858. The molecule has 0 bridgehead atoms. The van der Waals surface area contributed by atoms with Crippen LogP contribution in [0.1, 0.15) is 38.2 Å². The zero-order valence-corrected chi connectivity index (χ0v) is 19.7. The number of benzene rings is 2. The average Bonchev–Trinajstić information content (AvgIpc) is 3.28. The maximum atomic E-state index is 13.8. The normalized spacial score (nSPS) is 15.1. The van der Waals surface area contributed by atoms with Crippen LogP contribution in [0, 0.1) is 5.82 Å². The Bertz CT molecular complexity index is 1070. The van der Waals surface area contributed by atoms with Crippen LogP contribution in [0.25, 0.3) is 0 Å². The fourth-order valence-electron chi connectivity index (χ4n) is 4.00. The molecule has 0 saturated heterocycles. The van der Waals surface area contributed by atoms with E-state index in [9.17, 15) is 22.4 Å². The Balaban J connectivity index is 1.85. The molecule has 0 spiro atoms. The first-order valence-corrected chi connectivity index (χ1v) is 12.9. The Kier molecular flexibility index (Phi) is 8.07. The lowest BCUT2D eigenvalue weighted by atomic mass is 10.1. The van der Waals surface area contributed by atoms with Gasteiger partial charge in [-0.15, -0.1) is 0 Å². The number of anilines is 1. The van der Waals surface area contributed by atoms with Gasteiger partial charge in [-0.1, -0.05) is 49.2 Å². The van der Waals surface area contributed by atoms with Gasteiger partial charge in [0, 0.05) is 12.6 Å². The van der Waals surface area contributed by atoms with Crippen molar-refractivity contribution in [2.24, 2.45) is 0 Å². The molecule has 1 saturated carbocycles. The van der Waals surface area contributed by atoms with Gasteiger partial charge >= 0.3 is 0 Å². The van der Waals surface area contributed by atoms with Crippen molar-refractivity contribution >= 4 is 27.5 Å². The molecule has 0 aliphatic heterocycles. The predicted molar refractivity (Wildman–Crippen MR) is 125 cm³/mol. The lowest BCUT2D eigenvalue weighted by molar-refractivity contribution is -0.139. The van der Waals surface area contributed by atoms with Crippen LogP contribution in [-0.2, 0) is 26.2 Å². The molecule has 0 heterocycles. The van der Waals surface area contributed by atoms with Crippen molar-refractivity contribution in [2.75, 3.05) is 17.1 Å². The molecule has 1 aliphatic carbocycles. The van der Waals surface area contributed by atoms with Crippen LogP contribution in [0.5, 0.6) is 0 Å². The third-order valence-electron chi connectivity index (χ3n) is 5.84. The molecular weight excluding hydrogens is 445 g/mol. The molecule has 9 heteroatoms. The highest BCUT2D eigenvalue weighted by Gasteiger charge is 2.31. The number of amides is 2. The Morgan fingerprint density at radius 3 is 2.36 bits per heavy atom. The quantitative estimate of drug-likeness (QED) is 0.604. The van der Waals surface area contributed by atoms with Gasteiger partial charge in [0.1, 0.15) is 18.4 Å². The fraction of sp³-hybridized carbons (Fsp3) is 0.417. The van der Waals surface area contributed by atoms with E-state index in [1.54, 1.807) is 6.92 Å². The van der Waals surface area contributed by atoms with Crippen molar-refractivity contribution < 1.29 is 22.4 Å². The number of nitrogens with zero attached hydrogens (tertiary/aromatic N) is 2. The lowest BCUT2D eigenvalue weighted by Gasteiger charge is -2.32. The van der Waals surface area contributed by atoms with Crippen molar-refractivity contribution in [3.63, 3.8) is 0 Å². The molecule has 2 amide bonds. The van der Waals surface area contributed by atoms with Crippen molar-refractivity contribution in [1.82, 2.24) is 10.2 Å². The summed E-state index contributed by atoms with van der Waals surface area (Å²) in [5.74, 6) is -1.44. The number of sulfonamides is 1. The van der Waals surface area contributed by atoms with E-state index in [2.05, 4.69) is 5.32 Å². The SMILES string of the molecule is CC(C(=O)NC1CCCC1)N(Cc1ccccc1)C(=O)CN(c1cccc(F)c1)S(C)(=O)=O. The smallest absolute Gasteiger partial charge is 0.244 e.